The maximum atomic E-state index is 12.5. The van der Waals surface area contributed by atoms with E-state index in [-0.39, 0.29) is 29.8 Å². The van der Waals surface area contributed by atoms with E-state index in [1.165, 1.54) is 0 Å². The molecule has 3 heterocycles. The third-order valence-corrected chi connectivity index (χ3v) is 5.78. The molecule has 136 valence electrons. The van der Waals surface area contributed by atoms with E-state index in [0.717, 1.165) is 65.7 Å². The average molecular weight is 429 g/mol. The van der Waals surface area contributed by atoms with Crippen LogP contribution in [0.5, 0.6) is 0 Å². The van der Waals surface area contributed by atoms with Crippen molar-refractivity contribution in [2.45, 2.75) is 38.6 Å². The number of nitrogens with zero attached hydrogens (tertiary/aromatic N) is 2. The highest BCUT2D eigenvalue weighted by molar-refractivity contribution is 9.10. The van der Waals surface area contributed by atoms with Crippen molar-refractivity contribution < 1.29 is 4.79 Å². The first-order valence-corrected chi connectivity index (χ1v) is 9.25. The van der Waals surface area contributed by atoms with Crippen molar-refractivity contribution in [3.05, 3.63) is 16.9 Å². The normalized spacial score (nSPS) is 21.7. The van der Waals surface area contributed by atoms with Crippen LogP contribution >= 0.6 is 28.3 Å². The number of hydrogen-bond donors (Lipinski definition) is 3. The summed E-state index contributed by atoms with van der Waals surface area (Å²) in [5, 5.41) is 4.05. The molecule has 0 unspecified atom stereocenters. The number of fused-ring (bicyclic) bond motifs is 1. The number of halogens is 2. The van der Waals surface area contributed by atoms with Crippen LogP contribution in [0.4, 0.5) is 11.4 Å². The van der Waals surface area contributed by atoms with Crippen molar-refractivity contribution in [1.82, 2.24) is 9.97 Å². The van der Waals surface area contributed by atoms with Gasteiger partial charge in [0.2, 0.25) is 5.91 Å². The topological polar surface area (TPSA) is 87.0 Å². The summed E-state index contributed by atoms with van der Waals surface area (Å²) in [6.07, 6.45) is 7.68. The molecule has 4 N–H and O–H groups in total. The van der Waals surface area contributed by atoms with Crippen molar-refractivity contribution in [2.75, 3.05) is 23.3 Å². The molecule has 1 aliphatic carbocycles. The van der Waals surface area contributed by atoms with Crippen LogP contribution in [-0.4, -0.2) is 35.0 Å². The number of rotatable bonds is 3. The number of pyridine rings is 1. The highest BCUT2D eigenvalue weighted by Gasteiger charge is 2.45. The molecule has 0 bridgehead atoms. The first-order valence-electron chi connectivity index (χ1n) is 8.45. The molecular formula is C17H23BrClN5O. The monoisotopic (exact) mass is 427 g/mol. The Morgan fingerprint density at radius 3 is 2.96 bits per heavy atom. The maximum absolute atomic E-state index is 12.5. The molecule has 1 saturated heterocycles. The number of aromatic nitrogens is 2. The number of amides is 1. The van der Waals surface area contributed by atoms with E-state index < -0.39 is 0 Å². The molecule has 2 aromatic heterocycles. The zero-order chi connectivity index (χ0) is 16.9. The minimum Gasteiger partial charge on any atom is -0.368 e. The van der Waals surface area contributed by atoms with Crippen LogP contribution in [-0.2, 0) is 4.79 Å². The molecule has 0 aromatic carbocycles. The Hall–Kier alpha value is -1.31. The second-order valence-corrected chi connectivity index (χ2v) is 8.10. The number of nitrogens with two attached hydrogens (primary N) is 1. The molecule has 2 aromatic rings. The minimum atomic E-state index is -0.212. The molecule has 1 atom stereocenters. The Kier molecular flexibility index (Phi) is 5.01. The summed E-state index contributed by atoms with van der Waals surface area (Å²) in [7, 11) is 0. The number of piperidine rings is 1. The Balaban J connectivity index is 0.00000182. The van der Waals surface area contributed by atoms with Gasteiger partial charge < -0.3 is 20.9 Å². The largest absolute Gasteiger partial charge is 0.368 e. The molecule has 0 spiro atoms. The molecule has 1 aliphatic heterocycles. The summed E-state index contributed by atoms with van der Waals surface area (Å²) in [6.45, 7) is 3.78. The SMILES string of the molecule is CC1(C(=O)Nc2c[nH]c3ncc(Br)c(N4CCC[C@@H](N)C4)c23)CC1.Cl. The van der Waals surface area contributed by atoms with E-state index in [4.69, 9.17) is 5.73 Å². The Morgan fingerprint density at radius 1 is 1.52 bits per heavy atom. The van der Waals surface area contributed by atoms with Gasteiger partial charge in [0, 0.05) is 36.9 Å². The predicted octanol–water partition coefficient (Wildman–Crippen LogP) is 3.41. The molecular weight excluding hydrogens is 406 g/mol. The van der Waals surface area contributed by atoms with Crippen LogP contribution in [0.3, 0.4) is 0 Å². The Bertz CT molecular complexity index is 804. The summed E-state index contributed by atoms with van der Waals surface area (Å²) < 4.78 is 0.928. The molecule has 1 amide bonds. The van der Waals surface area contributed by atoms with Gasteiger partial charge in [-0.25, -0.2) is 4.98 Å². The smallest absolute Gasteiger partial charge is 0.230 e. The number of anilines is 2. The van der Waals surface area contributed by atoms with Crippen molar-refractivity contribution >= 4 is 56.7 Å². The zero-order valence-corrected chi connectivity index (χ0v) is 16.5. The third-order valence-electron chi connectivity index (χ3n) is 5.20. The van der Waals surface area contributed by atoms with E-state index in [1.54, 1.807) is 0 Å². The van der Waals surface area contributed by atoms with Crippen LogP contribution in [0.1, 0.15) is 32.6 Å². The van der Waals surface area contributed by atoms with Crippen LogP contribution in [0, 0.1) is 5.41 Å². The molecule has 2 fully saturated rings. The molecule has 8 heteroatoms. The number of nitrogens with one attached hydrogen (secondary N) is 2. The highest BCUT2D eigenvalue weighted by Crippen LogP contribution is 2.46. The number of carbonyl (C=O) groups is 1. The molecule has 6 nitrogen and oxygen atoms in total. The zero-order valence-electron chi connectivity index (χ0n) is 14.1. The Morgan fingerprint density at radius 2 is 2.28 bits per heavy atom. The van der Waals surface area contributed by atoms with Crippen molar-refractivity contribution in [3.63, 3.8) is 0 Å². The lowest BCUT2D eigenvalue weighted by molar-refractivity contribution is -0.120. The summed E-state index contributed by atoms with van der Waals surface area (Å²) in [4.78, 5) is 22.4. The van der Waals surface area contributed by atoms with Crippen LogP contribution < -0.4 is 16.0 Å². The molecule has 1 saturated carbocycles. The standard InChI is InChI=1S/C17H22BrN5O.ClH/c1-17(4-5-17)16(24)22-12-8-21-15-13(12)14(11(18)7-20-15)23-6-2-3-10(19)9-23;/h7-8,10H,2-6,9,19H2,1H3,(H,20,21)(H,22,24);1H/t10-;/m1./s1. The van der Waals surface area contributed by atoms with Gasteiger partial charge in [-0.2, -0.15) is 0 Å². The fourth-order valence-corrected chi connectivity index (χ4v) is 3.92. The van der Waals surface area contributed by atoms with Gasteiger partial charge in [0.05, 0.1) is 21.2 Å². The second kappa shape index (κ2) is 6.78. The van der Waals surface area contributed by atoms with Gasteiger partial charge in [-0.3, -0.25) is 4.79 Å². The molecule has 25 heavy (non-hydrogen) atoms. The molecule has 2 aliphatic rings. The lowest BCUT2D eigenvalue weighted by Gasteiger charge is -2.33. The number of carbonyl (C=O) groups excluding carboxylic acids is 1. The first-order chi connectivity index (χ1) is 11.5. The van der Waals surface area contributed by atoms with Gasteiger partial charge in [0.25, 0.3) is 0 Å². The minimum absolute atomic E-state index is 0. The Labute approximate surface area is 161 Å². The molecule has 4 rings (SSSR count). The summed E-state index contributed by atoms with van der Waals surface area (Å²) in [5.41, 5.74) is 8.60. The lowest BCUT2D eigenvalue weighted by Crippen LogP contribution is -2.43. The fraction of sp³-hybridized carbons (Fsp3) is 0.529. The van der Waals surface area contributed by atoms with Crippen LogP contribution in [0.25, 0.3) is 11.0 Å². The van der Waals surface area contributed by atoms with E-state index in [1.807, 2.05) is 19.3 Å². The van der Waals surface area contributed by atoms with E-state index >= 15 is 0 Å². The van der Waals surface area contributed by atoms with Gasteiger partial charge in [0.15, 0.2) is 0 Å². The van der Waals surface area contributed by atoms with Gasteiger partial charge in [-0.1, -0.05) is 6.92 Å². The van der Waals surface area contributed by atoms with Crippen LogP contribution in [0.15, 0.2) is 16.9 Å². The van der Waals surface area contributed by atoms with Crippen molar-refractivity contribution in [2.24, 2.45) is 11.1 Å². The van der Waals surface area contributed by atoms with Crippen molar-refractivity contribution in [1.29, 1.82) is 0 Å². The molecule has 0 radical (unpaired) electrons. The highest BCUT2D eigenvalue weighted by atomic mass is 79.9. The third kappa shape index (κ3) is 3.37. The quantitative estimate of drug-likeness (QED) is 0.699. The van der Waals surface area contributed by atoms with Gasteiger partial charge in [-0.15, -0.1) is 12.4 Å². The first kappa shape index (κ1) is 18.5. The van der Waals surface area contributed by atoms with E-state index in [2.05, 4.69) is 36.1 Å². The van der Waals surface area contributed by atoms with Crippen molar-refractivity contribution in [3.8, 4) is 0 Å². The summed E-state index contributed by atoms with van der Waals surface area (Å²) in [6, 6.07) is 0.177. The number of aromatic amines is 1. The predicted molar refractivity (Wildman–Crippen MR) is 106 cm³/mol. The number of H-pyrrole nitrogens is 1. The fourth-order valence-electron chi connectivity index (χ4n) is 3.36. The second-order valence-electron chi connectivity index (χ2n) is 7.24. The van der Waals surface area contributed by atoms with Gasteiger partial charge >= 0.3 is 0 Å². The summed E-state index contributed by atoms with van der Waals surface area (Å²) >= 11 is 3.64. The van der Waals surface area contributed by atoms with E-state index in [0.29, 0.717) is 0 Å². The maximum Gasteiger partial charge on any atom is 0.230 e. The van der Waals surface area contributed by atoms with Gasteiger partial charge in [0.1, 0.15) is 5.65 Å². The van der Waals surface area contributed by atoms with E-state index in [9.17, 15) is 4.79 Å². The number of hydrogen-bond acceptors (Lipinski definition) is 4. The van der Waals surface area contributed by atoms with Crippen LogP contribution in [0.2, 0.25) is 0 Å². The van der Waals surface area contributed by atoms with Gasteiger partial charge in [-0.05, 0) is 41.6 Å². The lowest BCUT2D eigenvalue weighted by atomic mass is 10.1. The average Bonchev–Trinajstić information content (AvgIpc) is 3.19. The summed E-state index contributed by atoms with van der Waals surface area (Å²) in [5.74, 6) is 0.0877.